The Morgan fingerprint density at radius 2 is 1.56 bits per heavy atom. The van der Waals surface area contributed by atoms with Crippen LogP contribution in [0.15, 0.2) is 48.5 Å². The standard InChI is InChI=1S/C25H29N3O4/c1-17(29)23(25(31)28-32)27-24(30)21-14-12-19(13-15-21)7-6-18-8-10-20(11-9-18)16-26-22-4-2-3-5-22/h8-15,17,22-23,26,29,32H,2-5,16H2,1H3,(H,27,30)(H,28,31). The van der Waals surface area contributed by atoms with E-state index < -0.39 is 24.0 Å². The Labute approximate surface area is 188 Å². The van der Waals surface area contributed by atoms with E-state index >= 15 is 0 Å². The molecule has 2 unspecified atom stereocenters. The van der Waals surface area contributed by atoms with Gasteiger partial charge in [0.15, 0.2) is 0 Å². The molecule has 2 aromatic rings. The molecule has 0 saturated heterocycles. The van der Waals surface area contributed by atoms with Gasteiger partial charge in [0.05, 0.1) is 6.10 Å². The SMILES string of the molecule is CC(O)C(NC(=O)c1ccc(C#Cc2ccc(CNC3CCCC3)cc2)cc1)C(=O)NO. The molecule has 1 aliphatic carbocycles. The molecule has 3 rings (SSSR count). The number of hydrogen-bond donors (Lipinski definition) is 5. The maximum Gasteiger partial charge on any atom is 0.268 e. The topological polar surface area (TPSA) is 111 Å². The molecule has 0 spiro atoms. The van der Waals surface area contributed by atoms with Gasteiger partial charge in [0.25, 0.3) is 11.8 Å². The van der Waals surface area contributed by atoms with Crippen molar-refractivity contribution >= 4 is 11.8 Å². The molecule has 1 fully saturated rings. The van der Waals surface area contributed by atoms with Gasteiger partial charge in [-0.05, 0) is 61.7 Å². The van der Waals surface area contributed by atoms with E-state index in [2.05, 4.69) is 34.6 Å². The van der Waals surface area contributed by atoms with Crippen LogP contribution in [-0.2, 0) is 11.3 Å². The molecule has 0 radical (unpaired) electrons. The summed E-state index contributed by atoms with van der Waals surface area (Å²) in [4.78, 5) is 23.9. The molecule has 168 valence electrons. The Bertz CT molecular complexity index is 969. The van der Waals surface area contributed by atoms with Crippen molar-refractivity contribution in [2.75, 3.05) is 0 Å². The van der Waals surface area contributed by atoms with Crippen molar-refractivity contribution < 1.29 is 19.9 Å². The minimum Gasteiger partial charge on any atom is -0.391 e. The van der Waals surface area contributed by atoms with Gasteiger partial charge in [0.1, 0.15) is 6.04 Å². The van der Waals surface area contributed by atoms with Crippen LogP contribution in [0.4, 0.5) is 0 Å². The molecule has 0 bridgehead atoms. The van der Waals surface area contributed by atoms with Crippen molar-refractivity contribution in [1.82, 2.24) is 16.1 Å². The summed E-state index contributed by atoms with van der Waals surface area (Å²) in [5.74, 6) is 4.76. The first kappa shape index (κ1) is 23.5. The molecule has 5 N–H and O–H groups in total. The molecule has 1 aliphatic rings. The van der Waals surface area contributed by atoms with Crippen molar-refractivity contribution in [2.45, 2.75) is 57.3 Å². The Morgan fingerprint density at radius 3 is 2.09 bits per heavy atom. The molecule has 0 aromatic heterocycles. The molecule has 0 aliphatic heterocycles. The average Bonchev–Trinajstić information content (AvgIpc) is 3.34. The highest BCUT2D eigenvalue weighted by Gasteiger charge is 2.25. The number of carbonyl (C=O) groups is 2. The molecule has 2 aromatic carbocycles. The van der Waals surface area contributed by atoms with Gasteiger partial charge in [-0.2, -0.15) is 0 Å². The van der Waals surface area contributed by atoms with E-state index in [1.165, 1.54) is 43.7 Å². The van der Waals surface area contributed by atoms with Crippen LogP contribution in [0.25, 0.3) is 0 Å². The third kappa shape index (κ3) is 6.66. The van der Waals surface area contributed by atoms with Crippen LogP contribution < -0.4 is 16.1 Å². The largest absolute Gasteiger partial charge is 0.391 e. The number of carbonyl (C=O) groups excluding carboxylic acids is 2. The number of hydrogen-bond acceptors (Lipinski definition) is 5. The summed E-state index contributed by atoms with van der Waals surface area (Å²) in [7, 11) is 0. The fraction of sp³-hybridized carbons (Fsp3) is 0.360. The third-order valence-electron chi connectivity index (χ3n) is 5.56. The van der Waals surface area contributed by atoms with Crippen LogP contribution in [0.1, 0.15) is 59.7 Å². The Hall–Kier alpha value is -3.18. The zero-order chi connectivity index (χ0) is 22.9. The lowest BCUT2D eigenvalue weighted by atomic mass is 10.1. The monoisotopic (exact) mass is 435 g/mol. The Morgan fingerprint density at radius 1 is 1.00 bits per heavy atom. The first-order valence-electron chi connectivity index (χ1n) is 10.8. The zero-order valence-corrected chi connectivity index (χ0v) is 18.1. The molecular weight excluding hydrogens is 406 g/mol. The summed E-state index contributed by atoms with van der Waals surface area (Å²) in [5, 5.41) is 24.3. The fourth-order valence-corrected chi connectivity index (χ4v) is 3.65. The van der Waals surface area contributed by atoms with Crippen molar-refractivity contribution in [3.63, 3.8) is 0 Å². The number of nitrogens with one attached hydrogen (secondary N) is 3. The molecule has 7 heteroatoms. The number of aliphatic hydroxyl groups is 1. The molecule has 2 atom stereocenters. The van der Waals surface area contributed by atoms with E-state index in [1.807, 2.05) is 12.1 Å². The van der Waals surface area contributed by atoms with Crippen LogP contribution in [0, 0.1) is 11.8 Å². The molecular formula is C25H29N3O4. The van der Waals surface area contributed by atoms with E-state index in [4.69, 9.17) is 5.21 Å². The highest BCUT2D eigenvalue weighted by molar-refractivity contribution is 5.97. The number of rotatable bonds is 7. The van der Waals surface area contributed by atoms with Gasteiger partial charge in [-0.15, -0.1) is 0 Å². The quantitative estimate of drug-likeness (QED) is 0.260. The van der Waals surface area contributed by atoms with E-state index in [9.17, 15) is 14.7 Å². The van der Waals surface area contributed by atoms with Gasteiger partial charge in [0, 0.05) is 29.3 Å². The van der Waals surface area contributed by atoms with Crippen molar-refractivity contribution in [3.05, 3.63) is 70.8 Å². The second-order valence-electron chi connectivity index (χ2n) is 8.05. The molecule has 32 heavy (non-hydrogen) atoms. The summed E-state index contributed by atoms with van der Waals surface area (Å²) >= 11 is 0. The van der Waals surface area contributed by atoms with Gasteiger partial charge in [-0.1, -0.05) is 36.8 Å². The van der Waals surface area contributed by atoms with Crippen molar-refractivity contribution in [1.29, 1.82) is 0 Å². The zero-order valence-electron chi connectivity index (χ0n) is 18.1. The lowest BCUT2D eigenvalue weighted by Crippen LogP contribution is -2.51. The minimum absolute atomic E-state index is 0.311. The van der Waals surface area contributed by atoms with E-state index in [0.29, 0.717) is 11.6 Å². The summed E-state index contributed by atoms with van der Waals surface area (Å²) in [6.07, 6.45) is 4.01. The highest BCUT2D eigenvalue weighted by Crippen LogP contribution is 2.18. The number of hydroxylamine groups is 1. The normalized spacial score (nSPS) is 15.3. The lowest BCUT2D eigenvalue weighted by molar-refractivity contribution is -0.133. The van der Waals surface area contributed by atoms with Gasteiger partial charge >= 0.3 is 0 Å². The van der Waals surface area contributed by atoms with E-state index in [-0.39, 0.29) is 0 Å². The third-order valence-corrected chi connectivity index (χ3v) is 5.56. The van der Waals surface area contributed by atoms with Crippen LogP contribution in [0.2, 0.25) is 0 Å². The van der Waals surface area contributed by atoms with Gasteiger partial charge in [-0.3, -0.25) is 14.8 Å². The predicted octanol–water partition coefficient (Wildman–Crippen LogP) is 2.10. The van der Waals surface area contributed by atoms with E-state index in [0.717, 1.165) is 17.7 Å². The van der Waals surface area contributed by atoms with Crippen molar-refractivity contribution in [2.24, 2.45) is 0 Å². The van der Waals surface area contributed by atoms with Gasteiger partial charge in [0.2, 0.25) is 0 Å². The summed E-state index contributed by atoms with van der Waals surface area (Å²) in [6.45, 7) is 2.22. The van der Waals surface area contributed by atoms with Crippen LogP contribution >= 0.6 is 0 Å². The number of aliphatic hydroxyl groups excluding tert-OH is 1. The highest BCUT2D eigenvalue weighted by atomic mass is 16.5. The number of amides is 2. The van der Waals surface area contributed by atoms with Crippen LogP contribution in [0.3, 0.4) is 0 Å². The molecule has 2 amide bonds. The minimum atomic E-state index is -1.26. The van der Waals surface area contributed by atoms with Gasteiger partial charge < -0.3 is 15.7 Å². The first-order valence-corrected chi connectivity index (χ1v) is 10.8. The van der Waals surface area contributed by atoms with Crippen LogP contribution in [-0.4, -0.2) is 40.3 Å². The lowest BCUT2D eigenvalue weighted by Gasteiger charge is -2.19. The predicted molar refractivity (Wildman–Crippen MR) is 121 cm³/mol. The molecule has 1 saturated carbocycles. The average molecular weight is 436 g/mol. The Kier molecular flexibility index (Phi) is 8.40. The van der Waals surface area contributed by atoms with Gasteiger partial charge in [-0.25, -0.2) is 5.48 Å². The second kappa shape index (κ2) is 11.4. The summed E-state index contributed by atoms with van der Waals surface area (Å²) < 4.78 is 0. The van der Waals surface area contributed by atoms with Crippen LogP contribution in [0.5, 0.6) is 0 Å². The first-order chi connectivity index (χ1) is 15.5. The summed E-state index contributed by atoms with van der Waals surface area (Å²) in [5.41, 5.74) is 4.64. The number of benzene rings is 2. The maximum absolute atomic E-state index is 12.3. The summed E-state index contributed by atoms with van der Waals surface area (Å²) in [6, 6.07) is 14.2. The smallest absolute Gasteiger partial charge is 0.268 e. The van der Waals surface area contributed by atoms with Crippen molar-refractivity contribution in [3.8, 4) is 11.8 Å². The van der Waals surface area contributed by atoms with E-state index in [1.54, 1.807) is 24.3 Å². The maximum atomic E-state index is 12.3. The molecule has 7 nitrogen and oxygen atoms in total. The second-order valence-corrected chi connectivity index (χ2v) is 8.05. The fourth-order valence-electron chi connectivity index (χ4n) is 3.65. The Balaban J connectivity index is 1.56. The molecule has 0 heterocycles.